The number of rotatable bonds is 7. The number of halogens is 1. The van der Waals surface area contributed by atoms with Crippen molar-refractivity contribution in [3.05, 3.63) is 22.4 Å². The molecule has 0 aliphatic rings. The molecule has 19 heavy (non-hydrogen) atoms. The molecule has 0 aromatic carbocycles. The van der Waals surface area contributed by atoms with Gasteiger partial charge in [-0.25, -0.2) is 4.99 Å². The summed E-state index contributed by atoms with van der Waals surface area (Å²) < 4.78 is 0. The molecule has 0 fully saturated rings. The van der Waals surface area contributed by atoms with E-state index in [0.717, 1.165) is 31.5 Å². The van der Waals surface area contributed by atoms with E-state index in [1.165, 1.54) is 18.4 Å². The monoisotopic (exact) mass is 395 g/mol. The second-order valence-corrected chi connectivity index (χ2v) is 5.17. The highest BCUT2D eigenvalue weighted by molar-refractivity contribution is 14.0. The van der Waals surface area contributed by atoms with Crippen molar-refractivity contribution in [1.29, 1.82) is 0 Å². The lowest BCUT2D eigenvalue weighted by Gasteiger charge is -2.16. The van der Waals surface area contributed by atoms with Gasteiger partial charge in [0.15, 0.2) is 5.96 Å². The minimum Gasteiger partial charge on any atom is -0.357 e. The van der Waals surface area contributed by atoms with Crippen LogP contribution in [0.4, 0.5) is 0 Å². The SMILES string of the molecule is CCNC(=NCc1ccsc1)NCC(CC)CC.I. The largest absolute Gasteiger partial charge is 0.357 e. The Bertz CT molecular complexity index is 334. The van der Waals surface area contributed by atoms with Crippen molar-refractivity contribution >= 4 is 41.3 Å². The first-order chi connectivity index (χ1) is 8.80. The molecule has 5 heteroatoms. The van der Waals surface area contributed by atoms with E-state index in [9.17, 15) is 0 Å². The minimum atomic E-state index is 0. The van der Waals surface area contributed by atoms with Gasteiger partial charge in [0, 0.05) is 13.1 Å². The lowest BCUT2D eigenvalue weighted by atomic mass is 10.0. The van der Waals surface area contributed by atoms with E-state index in [1.807, 2.05) is 0 Å². The second kappa shape index (κ2) is 11.5. The third-order valence-electron chi connectivity index (χ3n) is 3.06. The molecule has 0 radical (unpaired) electrons. The van der Waals surface area contributed by atoms with Crippen LogP contribution in [0.3, 0.4) is 0 Å². The smallest absolute Gasteiger partial charge is 0.191 e. The van der Waals surface area contributed by atoms with Gasteiger partial charge in [-0.15, -0.1) is 24.0 Å². The Hall–Kier alpha value is -0.300. The zero-order valence-electron chi connectivity index (χ0n) is 12.1. The molecular formula is C14H26IN3S. The minimum absolute atomic E-state index is 0. The molecule has 0 aliphatic heterocycles. The molecule has 0 saturated carbocycles. The molecule has 1 rings (SSSR count). The Morgan fingerprint density at radius 2 is 2.00 bits per heavy atom. The van der Waals surface area contributed by atoms with E-state index < -0.39 is 0 Å². The summed E-state index contributed by atoms with van der Waals surface area (Å²) in [5.74, 6) is 1.66. The molecule has 1 heterocycles. The molecular weight excluding hydrogens is 369 g/mol. The molecule has 1 aromatic rings. The van der Waals surface area contributed by atoms with E-state index in [1.54, 1.807) is 11.3 Å². The van der Waals surface area contributed by atoms with Crippen LogP contribution >= 0.6 is 35.3 Å². The van der Waals surface area contributed by atoms with Crippen LogP contribution in [0.1, 0.15) is 39.2 Å². The van der Waals surface area contributed by atoms with Crippen molar-refractivity contribution in [3.63, 3.8) is 0 Å². The normalized spacial score (nSPS) is 11.3. The summed E-state index contributed by atoms with van der Waals surface area (Å²) >= 11 is 1.72. The number of aliphatic imine (C=N–C) groups is 1. The van der Waals surface area contributed by atoms with Gasteiger partial charge < -0.3 is 10.6 Å². The maximum Gasteiger partial charge on any atom is 0.191 e. The fourth-order valence-corrected chi connectivity index (χ4v) is 2.37. The van der Waals surface area contributed by atoms with Crippen LogP contribution in [-0.2, 0) is 6.54 Å². The van der Waals surface area contributed by atoms with Gasteiger partial charge in [0.1, 0.15) is 0 Å². The lowest BCUT2D eigenvalue weighted by molar-refractivity contribution is 0.481. The average molecular weight is 395 g/mol. The lowest BCUT2D eigenvalue weighted by Crippen LogP contribution is -2.39. The highest BCUT2D eigenvalue weighted by Crippen LogP contribution is 2.07. The Morgan fingerprint density at radius 3 is 2.53 bits per heavy atom. The molecule has 110 valence electrons. The van der Waals surface area contributed by atoms with Crippen molar-refractivity contribution in [2.75, 3.05) is 13.1 Å². The molecule has 0 spiro atoms. The molecule has 3 nitrogen and oxygen atoms in total. The van der Waals surface area contributed by atoms with Crippen LogP contribution in [-0.4, -0.2) is 19.0 Å². The van der Waals surface area contributed by atoms with E-state index >= 15 is 0 Å². The van der Waals surface area contributed by atoms with E-state index in [4.69, 9.17) is 0 Å². The Labute approximate surface area is 138 Å². The third-order valence-corrected chi connectivity index (χ3v) is 3.79. The van der Waals surface area contributed by atoms with E-state index in [0.29, 0.717) is 0 Å². The van der Waals surface area contributed by atoms with Crippen molar-refractivity contribution in [2.24, 2.45) is 10.9 Å². The maximum absolute atomic E-state index is 4.60. The molecule has 1 aromatic heterocycles. The molecule has 0 aliphatic carbocycles. The zero-order valence-corrected chi connectivity index (χ0v) is 15.3. The summed E-state index contributed by atoms with van der Waals surface area (Å²) in [5.41, 5.74) is 1.28. The fourth-order valence-electron chi connectivity index (χ4n) is 1.71. The van der Waals surface area contributed by atoms with Gasteiger partial charge in [0.25, 0.3) is 0 Å². The molecule has 0 amide bonds. The zero-order chi connectivity index (χ0) is 13.2. The number of hydrogen-bond donors (Lipinski definition) is 2. The highest BCUT2D eigenvalue weighted by Gasteiger charge is 2.04. The quantitative estimate of drug-likeness (QED) is 0.418. The predicted octanol–water partition coefficient (Wildman–Crippen LogP) is 3.86. The summed E-state index contributed by atoms with van der Waals surface area (Å²) in [6.07, 6.45) is 2.43. The third kappa shape index (κ3) is 7.77. The summed E-state index contributed by atoms with van der Waals surface area (Å²) in [4.78, 5) is 4.60. The first-order valence-corrected chi connectivity index (χ1v) is 7.77. The van der Waals surface area contributed by atoms with Crippen LogP contribution < -0.4 is 10.6 Å². The van der Waals surface area contributed by atoms with Gasteiger partial charge in [0.2, 0.25) is 0 Å². The summed E-state index contributed by atoms with van der Waals surface area (Å²) in [6, 6.07) is 2.12. The van der Waals surface area contributed by atoms with Crippen LogP contribution in [0.5, 0.6) is 0 Å². The van der Waals surface area contributed by atoms with Gasteiger partial charge in [-0.05, 0) is 35.2 Å². The summed E-state index contributed by atoms with van der Waals surface area (Å²) in [5, 5.41) is 11.0. The number of nitrogens with one attached hydrogen (secondary N) is 2. The van der Waals surface area contributed by atoms with Crippen molar-refractivity contribution in [2.45, 2.75) is 40.2 Å². The van der Waals surface area contributed by atoms with Gasteiger partial charge in [0.05, 0.1) is 6.54 Å². The summed E-state index contributed by atoms with van der Waals surface area (Å²) in [7, 11) is 0. The Balaban J connectivity index is 0.00000324. The van der Waals surface area contributed by atoms with Gasteiger partial charge in [-0.3, -0.25) is 0 Å². The maximum atomic E-state index is 4.60. The predicted molar refractivity (Wildman–Crippen MR) is 96.6 cm³/mol. The highest BCUT2D eigenvalue weighted by atomic mass is 127. The molecule has 2 N–H and O–H groups in total. The summed E-state index contributed by atoms with van der Waals surface area (Å²) in [6.45, 7) is 9.23. The topological polar surface area (TPSA) is 36.4 Å². The molecule has 0 saturated heterocycles. The van der Waals surface area contributed by atoms with E-state index in [-0.39, 0.29) is 24.0 Å². The van der Waals surface area contributed by atoms with Crippen LogP contribution in [0, 0.1) is 5.92 Å². The number of thiophene rings is 1. The molecule has 0 unspecified atom stereocenters. The average Bonchev–Trinajstić information content (AvgIpc) is 2.90. The standard InChI is InChI=1S/C14H25N3S.HI/c1-4-12(5-2)9-16-14(15-6-3)17-10-13-7-8-18-11-13;/h7-8,11-12H,4-6,9-10H2,1-3H3,(H2,15,16,17);1H. The Kier molecular flexibility index (Phi) is 11.3. The van der Waals surface area contributed by atoms with Gasteiger partial charge in [-0.2, -0.15) is 11.3 Å². The van der Waals surface area contributed by atoms with Crippen molar-refractivity contribution in [3.8, 4) is 0 Å². The second-order valence-electron chi connectivity index (χ2n) is 4.39. The number of nitrogens with zero attached hydrogens (tertiary/aromatic N) is 1. The fraction of sp³-hybridized carbons (Fsp3) is 0.643. The molecule has 0 atom stereocenters. The van der Waals surface area contributed by atoms with Crippen molar-refractivity contribution in [1.82, 2.24) is 10.6 Å². The van der Waals surface area contributed by atoms with Crippen LogP contribution in [0.25, 0.3) is 0 Å². The number of guanidine groups is 1. The van der Waals surface area contributed by atoms with Gasteiger partial charge >= 0.3 is 0 Å². The first-order valence-electron chi connectivity index (χ1n) is 6.83. The first kappa shape index (κ1) is 18.7. The Morgan fingerprint density at radius 1 is 1.26 bits per heavy atom. The van der Waals surface area contributed by atoms with E-state index in [2.05, 4.69) is 53.2 Å². The molecule has 0 bridgehead atoms. The van der Waals surface area contributed by atoms with Gasteiger partial charge in [-0.1, -0.05) is 26.7 Å². The van der Waals surface area contributed by atoms with Crippen LogP contribution in [0.15, 0.2) is 21.8 Å². The number of hydrogen-bond acceptors (Lipinski definition) is 2. The van der Waals surface area contributed by atoms with Crippen LogP contribution in [0.2, 0.25) is 0 Å². The van der Waals surface area contributed by atoms with Crippen molar-refractivity contribution < 1.29 is 0 Å².